The molecule has 0 bridgehead atoms. The maximum Gasteiger partial charge on any atom is 0.417 e. The van der Waals surface area contributed by atoms with Crippen LogP contribution in [0.2, 0.25) is 0 Å². The fraction of sp³-hybridized carbons (Fsp3) is 0.471. The largest absolute Gasteiger partial charge is 0.417 e. The van der Waals surface area contributed by atoms with E-state index >= 15 is 0 Å². The van der Waals surface area contributed by atoms with E-state index in [2.05, 4.69) is 0 Å². The van der Waals surface area contributed by atoms with Crippen molar-refractivity contribution < 1.29 is 31.4 Å². The van der Waals surface area contributed by atoms with Crippen LogP contribution in [0.1, 0.15) is 18.9 Å². The van der Waals surface area contributed by atoms with Gasteiger partial charge in [0.25, 0.3) is 5.56 Å². The van der Waals surface area contributed by atoms with Gasteiger partial charge in [-0.15, -0.1) is 0 Å². The van der Waals surface area contributed by atoms with Gasteiger partial charge in [-0.1, -0.05) is 25.1 Å². The Balaban J connectivity index is 2.22. The summed E-state index contributed by atoms with van der Waals surface area (Å²) in [5, 5.41) is 10.4. The first-order chi connectivity index (χ1) is 12.4. The summed E-state index contributed by atoms with van der Waals surface area (Å²) in [6.07, 6.45) is -12.5. The highest BCUT2D eigenvalue weighted by atomic mass is 19.4. The highest BCUT2D eigenvalue weighted by molar-refractivity contribution is 5.83. The third kappa shape index (κ3) is 3.50. The van der Waals surface area contributed by atoms with Crippen LogP contribution in [0.25, 0.3) is 10.9 Å². The molecule has 1 aliphatic heterocycles. The average molecular weight is 394 g/mol. The van der Waals surface area contributed by atoms with Crippen molar-refractivity contribution in [3.05, 3.63) is 46.2 Å². The minimum atomic E-state index is -4.92. The first kappa shape index (κ1) is 19.5. The molecule has 148 valence electrons. The Morgan fingerprint density at radius 2 is 1.78 bits per heavy atom. The lowest BCUT2D eigenvalue weighted by Crippen LogP contribution is -2.54. The molecule has 1 aliphatic rings. The van der Waals surface area contributed by atoms with E-state index in [1.165, 1.54) is 18.2 Å². The number of hydrogen-bond acceptors (Lipinski definition) is 3. The van der Waals surface area contributed by atoms with E-state index in [4.69, 9.17) is 0 Å². The highest BCUT2D eigenvalue weighted by Gasteiger charge is 2.49. The van der Waals surface area contributed by atoms with Crippen molar-refractivity contribution in [1.29, 1.82) is 0 Å². The van der Waals surface area contributed by atoms with Gasteiger partial charge in [-0.2, -0.15) is 26.3 Å². The molecule has 27 heavy (non-hydrogen) atoms. The normalized spacial score (nSPS) is 22.4. The molecule has 10 heteroatoms. The predicted octanol–water partition coefficient (Wildman–Crippen LogP) is 3.29. The van der Waals surface area contributed by atoms with Crippen LogP contribution in [0.15, 0.2) is 35.1 Å². The summed E-state index contributed by atoms with van der Waals surface area (Å²) in [7, 11) is 0. The monoisotopic (exact) mass is 394 g/mol. The molecule has 1 N–H and O–H groups in total. The highest BCUT2D eigenvalue weighted by Crippen LogP contribution is 2.36. The SMILES string of the molecule is C[C@@H]1C[C@H]([C@@H](O)C(F)(F)F)N(n2c(=O)cc(C(F)(F)F)c3ccccc32)C1. The lowest BCUT2D eigenvalue weighted by Gasteiger charge is -2.33. The summed E-state index contributed by atoms with van der Waals surface area (Å²) < 4.78 is 79.8. The first-order valence-corrected chi connectivity index (χ1v) is 8.15. The third-order valence-electron chi connectivity index (χ3n) is 4.69. The van der Waals surface area contributed by atoms with E-state index in [1.54, 1.807) is 6.92 Å². The molecule has 1 fully saturated rings. The summed E-state index contributed by atoms with van der Waals surface area (Å²) in [5.41, 5.74) is -2.42. The molecule has 3 atom stereocenters. The van der Waals surface area contributed by atoms with Crippen molar-refractivity contribution in [2.24, 2.45) is 5.92 Å². The topological polar surface area (TPSA) is 45.5 Å². The summed E-state index contributed by atoms with van der Waals surface area (Å²) in [5.74, 6) is -0.292. The molecule has 1 saturated heterocycles. The molecule has 0 radical (unpaired) electrons. The number of alkyl halides is 6. The smallest absolute Gasteiger partial charge is 0.382 e. The van der Waals surface area contributed by atoms with Crippen LogP contribution in [-0.2, 0) is 6.18 Å². The molecule has 0 saturated carbocycles. The maximum absolute atomic E-state index is 13.3. The van der Waals surface area contributed by atoms with Gasteiger partial charge in [0.05, 0.1) is 17.1 Å². The molecule has 0 aliphatic carbocycles. The van der Waals surface area contributed by atoms with Gasteiger partial charge in [0.2, 0.25) is 0 Å². The number of hydrogen-bond donors (Lipinski definition) is 1. The number of pyridine rings is 1. The number of nitrogens with zero attached hydrogens (tertiary/aromatic N) is 2. The van der Waals surface area contributed by atoms with Gasteiger partial charge in [-0.3, -0.25) is 4.79 Å². The Morgan fingerprint density at radius 3 is 2.37 bits per heavy atom. The quantitative estimate of drug-likeness (QED) is 0.796. The summed E-state index contributed by atoms with van der Waals surface area (Å²) in [6.45, 7) is 1.64. The number of benzene rings is 1. The molecule has 4 nitrogen and oxygen atoms in total. The molecule has 0 unspecified atom stereocenters. The summed E-state index contributed by atoms with van der Waals surface area (Å²) in [6, 6.07) is 4.04. The number of fused-ring (bicyclic) bond motifs is 1. The van der Waals surface area contributed by atoms with Crippen molar-refractivity contribution in [1.82, 2.24) is 4.68 Å². The van der Waals surface area contributed by atoms with E-state index in [-0.39, 0.29) is 29.8 Å². The fourth-order valence-corrected chi connectivity index (χ4v) is 3.57. The van der Waals surface area contributed by atoms with Crippen LogP contribution in [0, 0.1) is 5.92 Å². The molecule has 3 rings (SSSR count). The van der Waals surface area contributed by atoms with Crippen LogP contribution < -0.4 is 10.6 Å². The lowest BCUT2D eigenvalue weighted by molar-refractivity contribution is -0.210. The summed E-state index contributed by atoms with van der Waals surface area (Å²) in [4.78, 5) is 12.5. The van der Waals surface area contributed by atoms with E-state index in [0.29, 0.717) is 6.07 Å². The number of rotatable bonds is 2. The summed E-state index contributed by atoms with van der Waals surface area (Å²) >= 11 is 0. The molecule has 0 spiro atoms. The second kappa shape index (κ2) is 6.43. The Bertz CT molecular complexity index is 905. The van der Waals surface area contributed by atoms with E-state index in [1.807, 2.05) is 0 Å². The van der Waals surface area contributed by atoms with Crippen molar-refractivity contribution in [2.45, 2.75) is 37.8 Å². The minimum Gasteiger partial charge on any atom is -0.382 e. The molecule has 1 aromatic heterocycles. The molecular formula is C17H16F6N2O2. The van der Waals surface area contributed by atoms with Gasteiger partial charge in [0.15, 0.2) is 6.10 Å². The van der Waals surface area contributed by atoms with E-state index < -0.39 is 35.6 Å². The molecule has 1 aromatic carbocycles. The van der Waals surface area contributed by atoms with Crippen molar-refractivity contribution >= 4 is 10.9 Å². The van der Waals surface area contributed by atoms with Crippen molar-refractivity contribution in [3.8, 4) is 0 Å². The van der Waals surface area contributed by atoms with E-state index in [9.17, 15) is 36.2 Å². The number of aliphatic hydroxyl groups excluding tert-OH is 1. The molecule has 2 heterocycles. The number of aliphatic hydroxyl groups is 1. The van der Waals surface area contributed by atoms with Crippen LogP contribution >= 0.6 is 0 Å². The van der Waals surface area contributed by atoms with Gasteiger partial charge in [-0.05, 0) is 18.4 Å². The Labute approximate surface area is 149 Å². The predicted molar refractivity (Wildman–Crippen MR) is 85.9 cm³/mol. The lowest BCUT2D eigenvalue weighted by atomic mass is 10.0. The van der Waals surface area contributed by atoms with Gasteiger partial charge < -0.3 is 10.1 Å². The van der Waals surface area contributed by atoms with Crippen LogP contribution in [-0.4, -0.2) is 34.6 Å². The maximum atomic E-state index is 13.3. The van der Waals surface area contributed by atoms with E-state index in [0.717, 1.165) is 15.8 Å². The fourth-order valence-electron chi connectivity index (χ4n) is 3.57. The minimum absolute atomic E-state index is 0.00687. The number of halogens is 6. The van der Waals surface area contributed by atoms with Crippen LogP contribution in [0.3, 0.4) is 0 Å². The van der Waals surface area contributed by atoms with Gasteiger partial charge in [0, 0.05) is 18.0 Å². The van der Waals surface area contributed by atoms with Crippen molar-refractivity contribution in [3.63, 3.8) is 0 Å². The van der Waals surface area contributed by atoms with Crippen molar-refractivity contribution in [2.75, 3.05) is 11.6 Å². The first-order valence-electron chi connectivity index (χ1n) is 8.15. The zero-order valence-electron chi connectivity index (χ0n) is 14.1. The Kier molecular flexibility index (Phi) is 4.65. The zero-order valence-corrected chi connectivity index (χ0v) is 14.1. The number of para-hydroxylation sites is 1. The Morgan fingerprint density at radius 1 is 1.15 bits per heavy atom. The molecule has 0 amide bonds. The zero-order chi connectivity index (χ0) is 20.1. The van der Waals surface area contributed by atoms with Crippen LogP contribution in [0.5, 0.6) is 0 Å². The van der Waals surface area contributed by atoms with Crippen LogP contribution in [0.4, 0.5) is 26.3 Å². The van der Waals surface area contributed by atoms with Gasteiger partial charge in [-0.25, -0.2) is 4.68 Å². The van der Waals surface area contributed by atoms with Gasteiger partial charge >= 0.3 is 12.4 Å². The second-order valence-electron chi connectivity index (χ2n) is 6.74. The van der Waals surface area contributed by atoms with Gasteiger partial charge in [0.1, 0.15) is 0 Å². The second-order valence-corrected chi connectivity index (χ2v) is 6.74. The molecular weight excluding hydrogens is 378 g/mol. The average Bonchev–Trinajstić information content (AvgIpc) is 2.92. The Hall–Kier alpha value is -2.23. The third-order valence-corrected chi connectivity index (χ3v) is 4.69. The standard InChI is InChI=1S/C17H16F6N2O2/c1-9-6-13(15(27)17(21,22)23)24(8-9)25-12-5-3-2-4-10(12)11(7-14(25)26)16(18,19)20/h2-5,7,9,13,15,27H,6,8H2,1H3/t9-,13-,15-/m1/s1. The molecule has 2 aromatic rings. The number of aromatic nitrogens is 1.